The van der Waals surface area contributed by atoms with Gasteiger partial charge in [-0.05, 0) is 37.0 Å². The predicted octanol–water partition coefficient (Wildman–Crippen LogP) is 4.58. The Balaban J connectivity index is 2.24. The van der Waals surface area contributed by atoms with Crippen molar-refractivity contribution in [2.45, 2.75) is 31.6 Å². The first-order chi connectivity index (χ1) is 7.61. The number of hydrogen-bond acceptors (Lipinski definition) is 1. The van der Waals surface area contributed by atoms with Crippen molar-refractivity contribution in [2.75, 3.05) is 11.4 Å². The Kier molecular flexibility index (Phi) is 3.96. The van der Waals surface area contributed by atoms with Gasteiger partial charge in [-0.2, -0.15) is 0 Å². The lowest BCUT2D eigenvalue weighted by Gasteiger charge is -2.24. The lowest BCUT2D eigenvalue weighted by molar-refractivity contribution is 0.625. The van der Waals surface area contributed by atoms with E-state index in [-0.39, 0.29) is 0 Å². The number of benzene rings is 1. The topological polar surface area (TPSA) is 3.24 Å². The number of nitrogens with zero attached hydrogens (tertiary/aromatic N) is 1. The molecule has 1 aromatic carbocycles. The van der Waals surface area contributed by atoms with E-state index < -0.39 is 0 Å². The summed E-state index contributed by atoms with van der Waals surface area (Å²) < 4.78 is 1.20. The first-order valence-corrected chi connectivity index (χ1v) is 7.64. The molecule has 2 atom stereocenters. The zero-order valence-electron chi connectivity index (χ0n) is 9.71. The third-order valence-corrected chi connectivity index (χ3v) is 4.64. The monoisotopic (exact) mass is 345 g/mol. The number of alkyl halides is 1. The van der Waals surface area contributed by atoms with Crippen LogP contribution in [0.5, 0.6) is 0 Å². The van der Waals surface area contributed by atoms with Crippen molar-refractivity contribution in [3.8, 4) is 0 Å². The largest absolute Gasteiger partial charge is 0.369 e. The predicted molar refractivity (Wildman–Crippen MR) is 77.4 cm³/mol. The molecule has 1 aliphatic rings. The van der Waals surface area contributed by atoms with Gasteiger partial charge in [0.25, 0.3) is 0 Å². The van der Waals surface area contributed by atoms with Gasteiger partial charge >= 0.3 is 0 Å². The molecule has 88 valence electrons. The fourth-order valence-electron chi connectivity index (χ4n) is 2.48. The number of halogens is 2. The lowest BCUT2D eigenvalue weighted by Crippen LogP contribution is -2.26. The van der Waals surface area contributed by atoms with Crippen molar-refractivity contribution in [1.29, 1.82) is 0 Å². The fourth-order valence-corrected chi connectivity index (χ4v) is 3.86. The molecule has 2 unspecified atom stereocenters. The third-order valence-electron chi connectivity index (χ3n) is 3.30. The van der Waals surface area contributed by atoms with Crippen molar-refractivity contribution >= 4 is 37.5 Å². The van der Waals surface area contributed by atoms with Gasteiger partial charge in [0, 0.05) is 28.1 Å². The molecular formula is C13H17Br2N. The molecule has 3 heteroatoms. The van der Waals surface area contributed by atoms with E-state index in [1.54, 1.807) is 0 Å². The Morgan fingerprint density at radius 2 is 2.12 bits per heavy atom. The van der Waals surface area contributed by atoms with E-state index in [0.717, 1.165) is 11.2 Å². The van der Waals surface area contributed by atoms with Gasteiger partial charge in [-0.15, -0.1) is 0 Å². The molecule has 0 amide bonds. The zero-order chi connectivity index (χ0) is 11.7. The second-order valence-electron chi connectivity index (χ2n) is 4.75. The van der Waals surface area contributed by atoms with Gasteiger partial charge in [0.05, 0.1) is 0 Å². The minimum Gasteiger partial charge on any atom is -0.369 e. The van der Waals surface area contributed by atoms with E-state index in [2.05, 4.69) is 68.8 Å². The number of anilines is 1. The van der Waals surface area contributed by atoms with Crippen LogP contribution >= 0.6 is 31.9 Å². The van der Waals surface area contributed by atoms with E-state index in [1.807, 2.05) is 0 Å². The number of rotatable bonds is 2. The van der Waals surface area contributed by atoms with Gasteiger partial charge in [-0.25, -0.2) is 0 Å². The Morgan fingerprint density at radius 3 is 2.62 bits per heavy atom. The number of hydrogen-bond donors (Lipinski definition) is 0. The average molecular weight is 347 g/mol. The normalized spacial score (nSPS) is 25.1. The Hall–Kier alpha value is -0.0200. The van der Waals surface area contributed by atoms with E-state index >= 15 is 0 Å². The average Bonchev–Trinajstić information content (AvgIpc) is 2.58. The summed E-state index contributed by atoms with van der Waals surface area (Å²) in [7, 11) is 0. The first-order valence-electron chi connectivity index (χ1n) is 5.73. The zero-order valence-corrected chi connectivity index (χ0v) is 12.9. The molecule has 0 radical (unpaired) electrons. The van der Waals surface area contributed by atoms with Crippen molar-refractivity contribution in [3.63, 3.8) is 0 Å². The van der Waals surface area contributed by atoms with Crippen LogP contribution in [0.2, 0.25) is 0 Å². The van der Waals surface area contributed by atoms with Gasteiger partial charge in [0.2, 0.25) is 0 Å². The maximum atomic E-state index is 3.63. The lowest BCUT2D eigenvalue weighted by atomic mass is 10.1. The Morgan fingerprint density at radius 1 is 1.38 bits per heavy atom. The molecule has 0 N–H and O–H groups in total. The second-order valence-corrected chi connectivity index (χ2v) is 6.17. The fraction of sp³-hybridized carbons (Fsp3) is 0.538. The van der Waals surface area contributed by atoms with Crippen LogP contribution in [0.3, 0.4) is 0 Å². The van der Waals surface area contributed by atoms with E-state index in [0.29, 0.717) is 6.04 Å². The van der Waals surface area contributed by atoms with E-state index in [4.69, 9.17) is 0 Å². The van der Waals surface area contributed by atoms with Crippen molar-refractivity contribution in [2.24, 2.45) is 5.92 Å². The summed E-state index contributed by atoms with van der Waals surface area (Å²) >= 11 is 7.13. The molecule has 0 spiro atoms. The summed E-state index contributed by atoms with van der Waals surface area (Å²) in [5, 5.41) is 0.903. The third kappa shape index (κ3) is 2.45. The molecule has 2 rings (SSSR count). The molecule has 1 nitrogen and oxygen atoms in total. The van der Waals surface area contributed by atoms with Gasteiger partial charge in [0.1, 0.15) is 0 Å². The van der Waals surface area contributed by atoms with E-state index in [9.17, 15) is 0 Å². The molecule has 0 bridgehead atoms. The molecule has 16 heavy (non-hydrogen) atoms. The standard InChI is InChI=1S/C13H17Br2N/c1-9-5-10(2)16(8-9)12-4-3-11(7-14)13(15)6-12/h3-4,6,9-10H,5,7-8H2,1-2H3. The minimum atomic E-state index is 0.664. The maximum Gasteiger partial charge on any atom is 0.0380 e. The maximum absolute atomic E-state index is 3.63. The Labute approximate surface area is 114 Å². The van der Waals surface area contributed by atoms with Crippen LogP contribution in [0.1, 0.15) is 25.8 Å². The molecule has 1 saturated heterocycles. The minimum absolute atomic E-state index is 0.664. The van der Waals surface area contributed by atoms with Crippen molar-refractivity contribution < 1.29 is 0 Å². The summed E-state index contributed by atoms with van der Waals surface area (Å²) in [4.78, 5) is 2.51. The summed E-state index contributed by atoms with van der Waals surface area (Å²) in [5.41, 5.74) is 2.65. The van der Waals surface area contributed by atoms with Gasteiger partial charge in [-0.1, -0.05) is 44.8 Å². The molecule has 1 heterocycles. The molecule has 1 aliphatic heterocycles. The van der Waals surface area contributed by atoms with Crippen molar-refractivity contribution in [3.05, 3.63) is 28.2 Å². The highest BCUT2D eigenvalue weighted by Gasteiger charge is 2.26. The smallest absolute Gasteiger partial charge is 0.0380 e. The molecule has 1 aromatic rings. The van der Waals surface area contributed by atoms with Gasteiger partial charge in [0.15, 0.2) is 0 Å². The molecular weight excluding hydrogens is 330 g/mol. The summed E-state index contributed by atoms with van der Waals surface area (Å²) in [5.74, 6) is 0.810. The summed E-state index contributed by atoms with van der Waals surface area (Å²) in [6.45, 7) is 5.83. The Bertz CT molecular complexity index is 378. The molecule has 0 saturated carbocycles. The molecule has 0 aliphatic carbocycles. The summed E-state index contributed by atoms with van der Waals surface area (Å²) in [6.07, 6.45) is 1.30. The van der Waals surface area contributed by atoms with Crippen LogP contribution in [0.15, 0.2) is 22.7 Å². The van der Waals surface area contributed by atoms with Gasteiger partial charge in [-0.3, -0.25) is 0 Å². The van der Waals surface area contributed by atoms with E-state index in [1.165, 1.54) is 28.7 Å². The molecule has 1 fully saturated rings. The van der Waals surface area contributed by atoms with Crippen LogP contribution in [-0.4, -0.2) is 12.6 Å². The van der Waals surface area contributed by atoms with Crippen LogP contribution < -0.4 is 4.90 Å². The van der Waals surface area contributed by atoms with Crippen LogP contribution in [-0.2, 0) is 5.33 Å². The quantitative estimate of drug-likeness (QED) is 0.708. The van der Waals surface area contributed by atoms with Crippen molar-refractivity contribution in [1.82, 2.24) is 0 Å². The highest BCUT2D eigenvalue weighted by Crippen LogP contribution is 2.32. The second kappa shape index (κ2) is 5.09. The first kappa shape index (κ1) is 12.4. The SMILES string of the molecule is CC1CC(C)N(c2ccc(CBr)c(Br)c2)C1. The highest BCUT2D eigenvalue weighted by molar-refractivity contribution is 9.10. The highest BCUT2D eigenvalue weighted by atomic mass is 79.9. The van der Waals surface area contributed by atoms with Gasteiger partial charge < -0.3 is 4.90 Å². The van der Waals surface area contributed by atoms with Crippen LogP contribution in [0.4, 0.5) is 5.69 Å². The van der Waals surface area contributed by atoms with Crippen LogP contribution in [0, 0.1) is 5.92 Å². The molecule has 0 aromatic heterocycles. The summed E-state index contributed by atoms with van der Waals surface area (Å²) in [6, 6.07) is 7.34. The van der Waals surface area contributed by atoms with Crippen LogP contribution in [0.25, 0.3) is 0 Å².